The molecule has 0 radical (unpaired) electrons. The third-order valence-corrected chi connectivity index (χ3v) is 3.99. The third kappa shape index (κ3) is 5.33. The average molecular weight is 291 g/mol. The molecule has 1 saturated heterocycles. The zero-order valence-electron chi connectivity index (χ0n) is 13.4. The van der Waals surface area contributed by atoms with Gasteiger partial charge in [-0.05, 0) is 49.9 Å². The van der Waals surface area contributed by atoms with E-state index >= 15 is 0 Å². The van der Waals surface area contributed by atoms with E-state index in [1.54, 1.807) is 0 Å². The molecule has 21 heavy (non-hydrogen) atoms. The van der Waals surface area contributed by atoms with Crippen LogP contribution in [0.25, 0.3) is 0 Å². The lowest BCUT2D eigenvalue weighted by Crippen LogP contribution is -2.49. The number of hydrogen-bond acceptors (Lipinski definition) is 3. The van der Waals surface area contributed by atoms with Crippen LogP contribution in [0.4, 0.5) is 0 Å². The van der Waals surface area contributed by atoms with Crippen LogP contribution in [0, 0.1) is 0 Å². The van der Waals surface area contributed by atoms with Crippen molar-refractivity contribution >= 4 is 0 Å². The van der Waals surface area contributed by atoms with E-state index in [2.05, 4.69) is 43.4 Å². The van der Waals surface area contributed by atoms with Crippen molar-refractivity contribution in [3.63, 3.8) is 0 Å². The quantitative estimate of drug-likeness (QED) is 0.794. The van der Waals surface area contributed by atoms with Gasteiger partial charge in [0.05, 0.1) is 6.61 Å². The van der Waals surface area contributed by atoms with Gasteiger partial charge in [-0.15, -0.1) is 0 Å². The van der Waals surface area contributed by atoms with Gasteiger partial charge < -0.3 is 14.8 Å². The summed E-state index contributed by atoms with van der Waals surface area (Å²) >= 11 is 0. The van der Waals surface area contributed by atoms with Crippen LogP contribution in [0.3, 0.4) is 0 Å². The lowest BCUT2D eigenvalue weighted by Gasteiger charge is -2.32. The van der Waals surface area contributed by atoms with Gasteiger partial charge in [0.2, 0.25) is 0 Å². The Kier molecular flexibility index (Phi) is 7.04. The lowest BCUT2D eigenvalue weighted by atomic mass is 10.1. The van der Waals surface area contributed by atoms with Crippen molar-refractivity contribution in [2.75, 3.05) is 19.8 Å². The van der Waals surface area contributed by atoms with Gasteiger partial charge >= 0.3 is 0 Å². The topological polar surface area (TPSA) is 30.5 Å². The molecule has 3 heteroatoms. The molecule has 0 amide bonds. The normalized spacial score (nSPS) is 22.2. The van der Waals surface area contributed by atoms with Crippen molar-refractivity contribution in [2.24, 2.45) is 0 Å². The summed E-state index contributed by atoms with van der Waals surface area (Å²) < 4.78 is 11.7. The number of hydrogen-bond donors (Lipinski definition) is 1. The third-order valence-electron chi connectivity index (χ3n) is 3.99. The maximum absolute atomic E-state index is 6.14. The van der Waals surface area contributed by atoms with Gasteiger partial charge in [-0.25, -0.2) is 0 Å². The van der Waals surface area contributed by atoms with Crippen molar-refractivity contribution in [3.05, 3.63) is 29.8 Å². The first-order valence-electron chi connectivity index (χ1n) is 8.40. The molecule has 1 heterocycles. The summed E-state index contributed by atoms with van der Waals surface area (Å²) in [6.45, 7) is 6.97. The summed E-state index contributed by atoms with van der Waals surface area (Å²) in [6, 6.07) is 8.96. The largest absolute Gasteiger partial charge is 0.486 e. The Bertz CT molecular complexity index is 391. The zero-order chi connectivity index (χ0) is 14.9. The summed E-state index contributed by atoms with van der Waals surface area (Å²) in [7, 11) is 0. The molecule has 0 bridgehead atoms. The van der Waals surface area contributed by atoms with Crippen LogP contribution >= 0.6 is 0 Å². The van der Waals surface area contributed by atoms with Crippen LogP contribution in [0.1, 0.15) is 45.1 Å². The standard InChI is InChI=1S/C18H29NO2/c1-3-5-6-15-7-9-16(10-8-15)21-18-14-20-13-11-17(18)19-12-4-2/h7-10,17-19H,3-6,11-14H2,1-2H3. The van der Waals surface area contributed by atoms with Crippen LogP contribution in [0.2, 0.25) is 0 Å². The highest BCUT2D eigenvalue weighted by Crippen LogP contribution is 2.19. The molecule has 1 N–H and O–H groups in total. The fourth-order valence-electron chi connectivity index (χ4n) is 2.68. The second-order valence-electron chi connectivity index (χ2n) is 5.83. The first kappa shape index (κ1) is 16.3. The Morgan fingerprint density at radius 1 is 1.19 bits per heavy atom. The molecular weight excluding hydrogens is 262 g/mol. The minimum Gasteiger partial charge on any atom is -0.486 e. The van der Waals surface area contributed by atoms with Gasteiger partial charge in [0, 0.05) is 12.6 Å². The highest BCUT2D eigenvalue weighted by atomic mass is 16.5. The number of rotatable bonds is 8. The van der Waals surface area contributed by atoms with E-state index in [0.29, 0.717) is 12.6 Å². The van der Waals surface area contributed by atoms with Crippen molar-refractivity contribution in [2.45, 2.75) is 58.1 Å². The molecule has 0 saturated carbocycles. The molecule has 118 valence electrons. The highest BCUT2D eigenvalue weighted by Gasteiger charge is 2.26. The van der Waals surface area contributed by atoms with E-state index in [1.165, 1.54) is 18.4 Å². The molecule has 1 aliphatic rings. The Balaban J connectivity index is 1.89. The predicted molar refractivity (Wildman–Crippen MR) is 87.0 cm³/mol. The summed E-state index contributed by atoms with van der Waals surface area (Å²) in [6.07, 6.45) is 5.94. The zero-order valence-corrected chi connectivity index (χ0v) is 13.4. The highest BCUT2D eigenvalue weighted by molar-refractivity contribution is 5.27. The maximum Gasteiger partial charge on any atom is 0.137 e. The molecule has 0 aromatic heterocycles. The Hall–Kier alpha value is -1.06. The van der Waals surface area contributed by atoms with E-state index < -0.39 is 0 Å². The molecule has 3 nitrogen and oxygen atoms in total. The Morgan fingerprint density at radius 3 is 2.71 bits per heavy atom. The number of ether oxygens (including phenoxy) is 2. The molecule has 0 spiro atoms. The fraction of sp³-hybridized carbons (Fsp3) is 0.667. The summed E-state index contributed by atoms with van der Waals surface area (Å²) in [4.78, 5) is 0. The monoisotopic (exact) mass is 291 g/mol. The van der Waals surface area contributed by atoms with Crippen molar-refractivity contribution in [1.29, 1.82) is 0 Å². The van der Waals surface area contributed by atoms with Crippen LogP contribution in [-0.2, 0) is 11.2 Å². The molecular formula is C18H29NO2. The van der Waals surface area contributed by atoms with E-state index in [1.807, 2.05) is 0 Å². The fourth-order valence-corrected chi connectivity index (χ4v) is 2.68. The SMILES string of the molecule is CCCCc1ccc(OC2COCCC2NCCC)cc1. The Morgan fingerprint density at radius 2 is 2.00 bits per heavy atom. The maximum atomic E-state index is 6.14. The summed E-state index contributed by atoms with van der Waals surface area (Å²) in [5.41, 5.74) is 1.39. The summed E-state index contributed by atoms with van der Waals surface area (Å²) in [5, 5.41) is 3.58. The molecule has 1 aromatic carbocycles. The number of aryl methyl sites for hydroxylation is 1. The first-order chi connectivity index (χ1) is 10.3. The van der Waals surface area contributed by atoms with Gasteiger partial charge in [0.1, 0.15) is 11.9 Å². The molecule has 2 rings (SSSR count). The number of nitrogens with one attached hydrogen (secondary N) is 1. The number of benzene rings is 1. The summed E-state index contributed by atoms with van der Waals surface area (Å²) in [5.74, 6) is 0.953. The van der Waals surface area contributed by atoms with Gasteiger partial charge in [0.15, 0.2) is 0 Å². The van der Waals surface area contributed by atoms with Crippen molar-refractivity contribution < 1.29 is 9.47 Å². The lowest BCUT2D eigenvalue weighted by molar-refractivity contribution is -0.0146. The second-order valence-corrected chi connectivity index (χ2v) is 5.83. The molecule has 2 atom stereocenters. The predicted octanol–water partition coefficient (Wildman–Crippen LogP) is 3.57. The molecule has 1 fully saturated rings. The van der Waals surface area contributed by atoms with Crippen molar-refractivity contribution in [3.8, 4) is 5.75 Å². The Labute approximate surface area is 129 Å². The van der Waals surface area contributed by atoms with Crippen LogP contribution in [-0.4, -0.2) is 31.9 Å². The van der Waals surface area contributed by atoms with E-state index in [0.717, 1.165) is 38.2 Å². The minimum absolute atomic E-state index is 0.117. The van der Waals surface area contributed by atoms with Gasteiger partial charge in [-0.1, -0.05) is 32.4 Å². The van der Waals surface area contributed by atoms with Crippen LogP contribution in [0.5, 0.6) is 5.75 Å². The van der Waals surface area contributed by atoms with E-state index in [4.69, 9.17) is 9.47 Å². The number of unbranched alkanes of at least 4 members (excludes halogenated alkanes) is 1. The average Bonchev–Trinajstić information content (AvgIpc) is 2.53. The van der Waals surface area contributed by atoms with Crippen LogP contribution in [0.15, 0.2) is 24.3 Å². The first-order valence-corrected chi connectivity index (χ1v) is 8.40. The van der Waals surface area contributed by atoms with E-state index in [9.17, 15) is 0 Å². The van der Waals surface area contributed by atoms with E-state index in [-0.39, 0.29) is 6.10 Å². The molecule has 1 aromatic rings. The molecule has 0 aliphatic carbocycles. The second kappa shape index (κ2) is 9.06. The molecule has 1 aliphatic heterocycles. The van der Waals surface area contributed by atoms with Gasteiger partial charge in [0.25, 0.3) is 0 Å². The van der Waals surface area contributed by atoms with Gasteiger partial charge in [-0.3, -0.25) is 0 Å². The van der Waals surface area contributed by atoms with Crippen LogP contribution < -0.4 is 10.1 Å². The minimum atomic E-state index is 0.117. The smallest absolute Gasteiger partial charge is 0.137 e. The molecule has 2 unspecified atom stereocenters. The van der Waals surface area contributed by atoms with Gasteiger partial charge in [-0.2, -0.15) is 0 Å². The van der Waals surface area contributed by atoms with Crippen molar-refractivity contribution in [1.82, 2.24) is 5.32 Å².